The summed E-state index contributed by atoms with van der Waals surface area (Å²) in [5.41, 5.74) is 0.707. The molecule has 0 spiro atoms. The van der Waals surface area contributed by atoms with Gasteiger partial charge in [-0.2, -0.15) is 0 Å². The summed E-state index contributed by atoms with van der Waals surface area (Å²) < 4.78 is 5.41. The number of rotatable bonds is 7. The van der Waals surface area contributed by atoms with Crippen molar-refractivity contribution in [3.05, 3.63) is 71.8 Å². The average Bonchev–Trinajstić information content (AvgIpc) is 2.55. The van der Waals surface area contributed by atoms with Gasteiger partial charge in [0, 0.05) is 19.6 Å². The van der Waals surface area contributed by atoms with E-state index in [0.717, 1.165) is 17.7 Å². The molecular weight excluding hydrogens is 310 g/mol. The van der Waals surface area contributed by atoms with Crippen LogP contribution in [0.3, 0.4) is 0 Å². The Balaban J connectivity index is 0.00000264. The molecule has 0 amide bonds. The lowest BCUT2D eigenvalue weighted by atomic mass is 9.76. The Morgan fingerprint density at radius 1 is 0.957 bits per heavy atom. The zero-order valence-corrected chi connectivity index (χ0v) is 14.8. The van der Waals surface area contributed by atoms with Crippen molar-refractivity contribution in [2.24, 2.45) is 5.92 Å². The van der Waals surface area contributed by atoms with Crippen LogP contribution in [0.4, 0.5) is 0 Å². The highest BCUT2D eigenvalue weighted by Crippen LogP contribution is 2.37. The first kappa shape index (κ1) is 19.7. The number of hydrogen-bond donors (Lipinski definition) is 1. The van der Waals surface area contributed by atoms with E-state index < -0.39 is 5.60 Å². The second-order valence-electron chi connectivity index (χ2n) is 5.91. The van der Waals surface area contributed by atoms with Gasteiger partial charge < -0.3 is 14.7 Å². The Bertz CT molecular complexity index is 521. The second kappa shape index (κ2) is 9.04. The lowest BCUT2D eigenvalue weighted by Crippen LogP contribution is -2.44. The van der Waals surface area contributed by atoms with Crippen LogP contribution in [-0.4, -0.2) is 44.4 Å². The third kappa shape index (κ3) is 4.55. The highest BCUT2D eigenvalue weighted by molar-refractivity contribution is 5.85. The molecule has 0 aliphatic carbocycles. The highest BCUT2D eigenvalue weighted by atomic mass is 35.5. The maximum Gasteiger partial charge on any atom is 0.121 e. The first-order chi connectivity index (χ1) is 10.6. The van der Waals surface area contributed by atoms with Gasteiger partial charge in [0.2, 0.25) is 0 Å². The molecule has 2 aromatic rings. The van der Waals surface area contributed by atoms with Crippen LogP contribution in [-0.2, 0) is 10.3 Å². The fourth-order valence-corrected chi connectivity index (χ4v) is 2.97. The summed E-state index contributed by atoms with van der Waals surface area (Å²) in [5, 5.41) is 11.7. The minimum atomic E-state index is -1.08. The van der Waals surface area contributed by atoms with E-state index in [0.29, 0.717) is 6.61 Å². The fourth-order valence-electron chi connectivity index (χ4n) is 2.97. The van der Waals surface area contributed by atoms with E-state index in [4.69, 9.17) is 4.74 Å². The van der Waals surface area contributed by atoms with E-state index in [9.17, 15) is 5.11 Å². The summed E-state index contributed by atoms with van der Waals surface area (Å²) in [6.45, 7) is 1.21. The van der Waals surface area contributed by atoms with Crippen molar-refractivity contribution in [1.82, 2.24) is 4.90 Å². The van der Waals surface area contributed by atoms with E-state index in [1.54, 1.807) is 7.11 Å². The molecule has 0 aromatic heterocycles. The summed E-state index contributed by atoms with van der Waals surface area (Å²) >= 11 is 0. The molecule has 0 aliphatic heterocycles. The van der Waals surface area contributed by atoms with Gasteiger partial charge in [-0.3, -0.25) is 0 Å². The molecule has 0 heterocycles. The van der Waals surface area contributed by atoms with E-state index in [2.05, 4.69) is 4.90 Å². The standard InChI is InChI=1S/C19H25NO2.ClH/c1-20(2)14-18(15-22-3)19(21,16-10-6-4-7-11-16)17-12-8-5-9-13-17;/h4-13,18,21H,14-15H2,1-3H3;1H. The van der Waals surface area contributed by atoms with Crippen LogP contribution in [0.2, 0.25) is 0 Å². The Hall–Kier alpha value is -1.39. The largest absolute Gasteiger partial charge is 0.384 e. The van der Waals surface area contributed by atoms with Crippen LogP contribution in [0.15, 0.2) is 60.7 Å². The summed E-state index contributed by atoms with van der Waals surface area (Å²) in [4.78, 5) is 2.08. The number of aliphatic hydroxyl groups is 1. The lowest BCUT2D eigenvalue weighted by molar-refractivity contribution is -0.0297. The third-order valence-corrected chi connectivity index (χ3v) is 3.97. The molecular formula is C19H26ClNO2. The number of methoxy groups -OCH3 is 1. The zero-order chi connectivity index (χ0) is 16.0. The number of benzene rings is 2. The van der Waals surface area contributed by atoms with Crippen molar-refractivity contribution in [2.45, 2.75) is 5.60 Å². The predicted molar refractivity (Wildman–Crippen MR) is 97.1 cm³/mol. The SMILES string of the molecule is COCC(CN(C)C)C(O)(c1ccccc1)c1ccccc1.Cl. The van der Waals surface area contributed by atoms with E-state index in [1.165, 1.54) is 0 Å². The minimum Gasteiger partial charge on any atom is -0.384 e. The van der Waals surface area contributed by atoms with E-state index >= 15 is 0 Å². The topological polar surface area (TPSA) is 32.7 Å². The third-order valence-electron chi connectivity index (χ3n) is 3.97. The number of ether oxygens (including phenoxy) is 1. The molecule has 4 heteroatoms. The van der Waals surface area contributed by atoms with Gasteiger partial charge in [0.15, 0.2) is 0 Å². The molecule has 1 N–H and O–H groups in total. The molecule has 2 aromatic carbocycles. The van der Waals surface area contributed by atoms with Crippen LogP contribution >= 0.6 is 12.4 Å². The van der Waals surface area contributed by atoms with Crippen molar-refractivity contribution in [3.63, 3.8) is 0 Å². The van der Waals surface area contributed by atoms with Gasteiger partial charge in [0.25, 0.3) is 0 Å². The fraction of sp³-hybridized carbons (Fsp3) is 0.368. The minimum absolute atomic E-state index is 0. The molecule has 0 bridgehead atoms. The monoisotopic (exact) mass is 335 g/mol. The average molecular weight is 336 g/mol. The van der Waals surface area contributed by atoms with E-state index in [-0.39, 0.29) is 18.3 Å². The van der Waals surface area contributed by atoms with Gasteiger partial charge in [0.1, 0.15) is 5.60 Å². The Labute approximate surface area is 145 Å². The molecule has 2 rings (SSSR count). The summed E-state index contributed by atoms with van der Waals surface area (Å²) in [6.07, 6.45) is 0. The zero-order valence-electron chi connectivity index (χ0n) is 14.0. The van der Waals surface area contributed by atoms with Crippen LogP contribution in [0.25, 0.3) is 0 Å². The molecule has 1 atom stereocenters. The molecule has 0 fully saturated rings. The summed E-state index contributed by atoms with van der Waals surface area (Å²) in [5.74, 6) is -0.0719. The van der Waals surface area contributed by atoms with Gasteiger partial charge in [-0.1, -0.05) is 60.7 Å². The number of nitrogens with zero attached hydrogens (tertiary/aromatic N) is 1. The van der Waals surface area contributed by atoms with Crippen molar-refractivity contribution in [1.29, 1.82) is 0 Å². The summed E-state index contributed by atoms with van der Waals surface area (Å²) in [6, 6.07) is 19.7. The Kier molecular flexibility index (Phi) is 7.73. The molecule has 0 saturated heterocycles. The van der Waals surface area contributed by atoms with Crippen molar-refractivity contribution in [3.8, 4) is 0 Å². The number of halogens is 1. The van der Waals surface area contributed by atoms with Crippen molar-refractivity contribution in [2.75, 3.05) is 34.4 Å². The molecule has 0 saturated carbocycles. The molecule has 1 unspecified atom stereocenters. The summed E-state index contributed by atoms with van der Waals surface area (Å²) in [7, 11) is 5.71. The van der Waals surface area contributed by atoms with Gasteiger partial charge in [-0.25, -0.2) is 0 Å². The Morgan fingerprint density at radius 3 is 1.74 bits per heavy atom. The van der Waals surface area contributed by atoms with Crippen LogP contribution < -0.4 is 0 Å². The molecule has 23 heavy (non-hydrogen) atoms. The molecule has 3 nitrogen and oxygen atoms in total. The maximum atomic E-state index is 11.7. The van der Waals surface area contributed by atoms with Gasteiger partial charge in [-0.05, 0) is 25.2 Å². The van der Waals surface area contributed by atoms with Crippen molar-refractivity contribution < 1.29 is 9.84 Å². The van der Waals surface area contributed by atoms with Crippen LogP contribution in [0.5, 0.6) is 0 Å². The van der Waals surface area contributed by atoms with Crippen molar-refractivity contribution >= 4 is 12.4 Å². The lowest BCUT2D eigenvalue weighted by Gasteiger charge is -2.38. The first-order valence-corrected chi connectivity index (χ1v) is 7.56. The van der Waals surface area contributed by atoms with Gasteiger partial charge in [-0.15, -0.1) is 12.4 Å². The molecule has 0 radical (unpaired) electrons. The molecule has 126 valence electrons. The van der Waals surface area contributed by atoms with Gasteiger partial charge in [0.05, 0.1) is 6.61 Å². The van der Waals surface area contributed by atoms with E-state index in [1.807, 2.05) is 74.8 Å². The predicted octanol–water partition coefficient (Wildman–Crippen LogP) is 3.17. The smallest absolute Gasteiger partial charge is 0.121 e. The first-order valence-electron chi connectivity index (χ1n) is 7.56. The Morgan fingerprint density at radius 2 is 1.39 bits per heavy atom. The highest BCUT2D eigenvalue weighted by Gasteiger charge is 2.40. The maximum absolute atomic E-state index is 11.7. The van der Waals surface area contributed by atoms with Crippen LogP contribution in [0, 0.1) is 5.92 Å². The van der Waals surface area contributed by atoms with Crippen LogP contribution in [0.1, 0.15) is 11.1 Å². The normalized spacial score (nSPS) is 12.7. The van der Waals surface area contributed by atoms with Gasteiger partial charge >= 0.3 is 0 Å². The molecule has 0 aliphatic rings. The second-order valence-corrected chi connectivity index (χ2v) is 5.91. The quantitative estimate of drug-likeness (QED) is 0.843. The number of hydrogen-bond acceptors (Lipinski definition) is 3.